The average molecular weight is 324 g/mol. The van der Waals surface area contributed by atoms with E-state index in [1.807, 2.05) is 6.07 Å². The first kappa shape index (κ1) is 15.5. The lowest BCUT2D eigenvalue weighted by Crippen LogP contribution is -2.12. The van der Waals surface area contributed by atoms with E-state index in [0.717, 1.165) is 5.69 Å². The number of hydrogen-bond donors (Lipinski definition) is 1. The van der Waals surface area contributed by atoms with E-state index >= 15 is 0 Å². The van der Waals surface area contributed by atoms with Gasteiger partial charge in [0.05, 0.1) is 14.2 Å². The molecule has 0 aliphatic rings. The van der Waals surface area contributed by atoms with Crippen LogP contribution in [0.5, 0.6) is 11.5 Å². The van der Waals surface area contributed by atoms with Crippen LogP contribution in [-0.4, -0.2) is 34.9 Å². The second-order valence-electron chi connectivity index (χ2n) is 4.94. The second kappa shape index (κ2) is 6.82. The maximum atomic E-state index is 12.5. The van der Waals surface area contributed by atoms with Crippen LogP contribution in [0.2, 0.25) is 0 Å². The highest BCUT2D eigenvalue weighted by molar-refractivity contribution is 6.04. The van der Waals surface area contributed by atoms with Crippen molar-refractivity contribution in [2.45, 2.75) is 0 Å². The normalized spacial score (nSPS) is 10.2. The third-order valence-electron chi connectivity index (χ3n) is 3.47. The molecule has 122 valence electrons. The van der Waals surface area contributed by atoms with E-state index in [9.17, 15) is 4.79 Å². The standard InChI is InChI=1S/C17H16N4O3/c1-23-15-7-6-13(9-16(15)24-2)20-17(22)12-4-3-5-14(8-12)21-10-18-19-11-21/h3-11H,1-2H3,(H,20,22). The van der Waals surface area contributed by atoms with Crippen molar-refractivity contribution in [1.82, 2.24) is 14.8 Å². The molecule has 0 bridgehead atoms. The number of benzene rings is 2. The molecule has 0 spiro atoms. The van der Waals surface area contributed by atoms with Crippen molar-refractivity contribution in [1.29, 1.82) is 0 Å². The lowest BCUT2D eigenvalue weighted by molar-refractivity contribution is 0.102. The number of nitrogens with one attached hydrogen (secondary N) is 1. The van der Waals surface area contributed by atoms with Crippen LogP contribution in [0.25, 0.3) is 5.69 Å². The summed E-state index contributed by atoms with van der Waals surface area (Å²) in [6.07, 6.45) is 3.15. The van der Waals surface area contributed by atoms with Crippen LogP contribution >= 0.6 is 0 Å². The number of hydrogen-bond acceptors (Lipinski definition) is 5. The molecule has 7 heteroatoms. The van der Waals surface area contributed by atoms with Gasteiger partial charge in [0, 0.05) is 23.0 Å². The minimum Gasteiger partial charge on any atom is -0.493 e. The zero-order valence-corrected chi connectivity index (χ0v) is 13.3. The van der Waals surface area contributed by atoms with Gasteiger partial charge in [-0.05, 0) is 30.3 Å². The van der Waals surface area contributed by atoms with E-state index in [-0.39, 0.29) is 5.91 Å². The molecule has 1 heterocycles. The molecule has 0 saturated carbocycles. The molecule has 0 fully saturated rings. The Kier molecular flexibility index (Phi) is 4.42. The number of nitrogens with zero attached hydrogens (tertiary/aromatic N) is 3. The molecule has 2 aromatic carbocycles. The highest BCUT2D eigenvalue weighted by atomic mass is 16.5. The summed E-state index contributed by atoms with van der Waals surface area (Å²) in [5.41, 5.74) is 1.95. The topological polar surface area (TPSA) is 78.3 Å². The summed E-state index contributed by atoms with van der Waals surface area (Å²) in [4.78, 5) is 12.5. The third-order valence-corrected chi connectivity index (χ3v) is 3.47. The predicted molar refractivity (Wildman–Crippen MR) is 88.9 cm³/mol. The summed E-state index contributed by atoms with van der Waals surface area (Å²) >= 11 is 0. The van der Waals surface area contributed by atoms with Crippen LogP contribution < -0.4 is 14.8 Å². The summed E-state index contributed by atoms with van der Waals surface area (Å²) in [6.45, 7) is 0. The summed E-state index contributed by atoms with van der Waals surface area (Å²) in [5, 5.41) is 10.4. The van der Waals surface area contributed by atoms with E-state index in [4.69, 9.17) is 9.47 Å². The molecule has 0 unspecified atom stereocenters. The molecule has 7 nitrogen and oxygen atoms in total. The van der Waals surface area contributed by atoms with Crippen molar-refractivity contribution in [3.63, 3.8) is 0 Å². The molecule has 24 heavy (non-hydrogen) atoms. The van der Waals surface area contributed by atoms with Crippen molar-refractivity contribution >= 4 is 11.6 Å². The molecule has 3 rings (SSSR count). The first-order valence-electron chi connectivity index (χ1n) is 7.19. The van der Waals surface area contributed by atoms with Gasteiger partial charge < -0.3 is 14.8 Å². The summed E-state index contributed by atoms with van der Waals surface area (Å²) in [6, 6.07) is 12.4. The Labute approximate surface area is 138 Å². The van der Waals surface area contributed by atoms with E-state index in [0.29, 0.717) is 22.7 Å². The first-order valence-corrected chi connectivity index (χ1v) is 7.19. The van der Waals surface area contributed by atoms with Gasteiger partial charge in [0.1, 0.15) is 12.7 Å². The third kappa shape index (κ3) is 3.19. The fraction of sp³-hybridized carbons (Fsp3) is 0.118. The molecule has 0 saturated heterocycles. The Morgan fingerprint density at radius 3 is 2.46 bits per heavy atom. The molecular weight excluding hydrogens is 308 g/mol. The fourth-order valence-corrected chi connectivity index (χ4v) is 2.26. The van der Waals surface area contributed by atoms with Gasteiger partial charge in [0.15, 0.2) is 11.5 Å². The zero-order chi connectivity index (χ0) is 16.9. The zero-order valence-electron chi connectivity index (χ0n) is 13.3. The molecule has 1 amide bonds. The lowest BCUT2D eigenvalue weighted by Gasteiger charge is -2.11. The Bertz CT molecular complexity index is 847. The maximum absolute atomic E-state index is 12.5. The van der Waals surface area contributed by atoms with E-state index in [2.05, 4.69) is 15.5 Å². The molecule has 3 aromatic rings. The number of methoxy groups -OCH3 is 2. The Morgan fingerprint density at radius 2 is 1.75 bits per heavy atom. The van der Waals surface area contributed by atoms with Crippen molar-refractivity contribution in [2.75, 3.05) is 19.5 Å². The number of amides is 1. The number of rotatable bonds is 5. The fourth-order valence-electron chi connectivity index (χ4n) is 2.26. The molecule has 0 radical (unpaired) electrons. The molecular formula is C17H16N4O3. The minimum atomic E-state index is -0.225. The van der Waals surface area contributed by atoms with Crippen molar-refractivity contribution in [3.8, 4) is 17.2 Å². The van der Waals surface area contributed by atoms with Crippen molar-refractivity contribution in [2.24, 2.45) is 0 Å². The largest absolute Gasteiger partial charge is 0.493 e. The number of aromatic nitrogens is 3. The summed E-state index contributed by atoms with van der Waals surface area (Å²) in [5.74, 6) is 0.927. The highest BCUT2D eigenvalue weighted by Gasteiger charge is 2.10. The molecule has 1 N–H and O–H groups in total. The Morgan fingerprint density at radius 1 is 1.00 bits per heavy atom. The van der Waals surface area contributed by atoms with Crippen LogP contribution in [0.15, 0.2) is 55.1 Å². The van der Waals surface area contributed by atoms with Gasteiger partial charge in [-0.15, -0.1) is 10.2 Å². The Hall–Kier alpha value is -3.35. The van der Waals surface area contributed by atoms with Gasteiger partial charge in [0.2, 0.25) is 0 Å². The van der Waals surface area contributed by atoms with Gasteiger partial charge in [-0.3, -0.25) is 9.36 Å². The first-order chi connectivity index (χ1) is 11.7. The van der Waals surface area contributed by atoms with Crippen LogP contribution in [0.4, 0.5) is 5.69 Å². The smallest absolute Gasteiger partial charge is 0.255 e. The Balaban J connectivity index is 1.81. The average Bonchev–Trinajstić information content (AvgIpc) is 3.16. The predicted octanol–water partition coefficient (Wildman–Crippen LogP) is 2.54. The van der Waals surface area contributed by atoms with Crippen molar-refractivity contribution < 1.29 is 14.3 Å². The summed E-state index contributed by atoms with van der Waals surface area (Å²) in [7, 11) is 3.11. The van der Waals surface area contributed by atoms with E-state index in [1.54, 1.807) is 67.8 Å². The number of carbonyl (C=O) groups excluding carboxylic acids is 1. The molecule has 0 aliphatic carbocycles. The van der Waals surface area contributed by atoms with Gasteiger partial charge in [-0.1, -0.05) is 6.07 Å². The second-order valence-corrected chi connectivity index (χ2v) is 4.94. The molecule has 0 aliphatic heterocycles. The number of carbonyl (C=O) groups is 1. The van der Waals surface area contributed by atoms with Gasteiger partial charge in [-0.2, -0.15) is 0 Å². The molecule has 1 aromatic heterocycles. The molecule has 0 atom stereocenters. The minimum absolute atomic E-state index is 0.225. The van der Waals surface area contributed by atoms with Gasteiger partial charge in [-0.25, -0.2) is 0 Å². The quantitative estimate of drug-likeness (QED) is 0.780. The van der Waals surface area contributed by atoms with Crippen LogP contribution in [0, 0.1) is 0 Å². The monoisotopic (exact) mass is 324 g/mol. The number of ether oxygens (including phenoxy) is 2. The van der Waals surface area contributed by atoms with Crippen LogP contribution in [0.1, 0.15) is 10.4 Å². The van der Waals surface area contributed by atoms with Crippen LogP contribution in [0.3, 0.4) is 0 Å². The van der Waals surface area contributed by atoms with Gasteiger partial charge in [0.25, 0.3) is 5.91 Å². The maximum Gasteiger partial charge on any atom is 0.255 e. The SMILES string of the molecule is COc1ccc(NC(=O)c2cccc(-n3cnnc3)c2)cc1OC. The van der Waals surface area contributed by atoms with Crippen LogP contribution in [-0.2, 0) is 0 Å². The number of anilines is 1. The van der Waals surface area contributed by atoms with Gasteiger partial charge >= 0.3 is 0 Å². The summed E-state index contributed by atoms with van der Waals surface area (Å²) < 4.78 is 12.2. The van der Waals surface area contributed by atoms with E-state index < -0.39 is 0 Å². The highest BCUT2D eigenvalue weighted by Crippen LogP contribution is 2.29. The van der Waals surface area contributed by atoms with Crippen molar-refractivity contribution in [3.05, 3.63) is 60.7 Å². The lowest BCUT2D eigenvalue weighted by atomic mass is 10.1. The van der Waals surface area contributed by atoms with E-state index in [1.165, 1.54) is 0 Å².